The zero-order valence-corrected chi connectivity index (χ0v) is 19.1. The van der Waals surface area contributed by atoms with Crippen LogP contribution in [0.25, 0.3) is 5.57 Å². The Morgan fingerprint density at radius 1 is 1.11 bits per heavy atom. The van der Waals surface area contributed by atoms with E-state index in [2.05, 4.69) is 58.1 Å². The number of hydrogen-bond acceptors (Lipinski definition) is 3. The number of allylic oxidation sites excluding steroid dienone is 1. The van der Waals surface area contributed by atoms with Crippen LogP contribution >= 0.6 is 0 Å². The van der Waals surface area contributed by atoms with Gasteiger partial charge in [0.25, 0.3) is 0 Å². The maximum absolute atomic E-state index is 12.9. The van der Waals surface area contributed by atoms with Gasteiger partial charge in [0.15, 0.2) is 8.32 Å². The Morgan fingerprint density at radius 2 is 1.79 bits per heavy atom. The van der Waals surface area contributed by atoms with Gasteiger partial charge in [-0.1, -0.05) is 51.1 Å². The summed E-state index contributed by atoms with van der Waals surface area (Å²) in [4.78, 5) is 12.9. The van der Waals surface area contributed by atoms with Crippen molar-refractivity contribution in [1.29, 1.82) is 0 Å². The zero-order valence-electron chi connectivity index (χ0n) is 18.1. The second-order valence-corrected chi connectivity index (χ2v) is 15.0. The fourth-order valence-electron chi connectivity index (χ4n) is 5.48. The summed E-state index contributed by atoms with van der Waals surface area (Å²) in [5.41, 5.74) is 3.39. The first-order chi connectivity index (χ1) is 13.2. The Bertz CT molecular complexity index is 790. The summed E-state index contributed by atoms with van der Waals surface area (Å²) in [6.45, 7) is 13.9. The summed E-state index contributed by atoms with van der Waals surface area (Å²) in [5, 5.41) is 0.211. The summed E-state index contributed by atoms with van der Waals surface area (Å²) in [7, 11) is -1.81. The van der Waals surface area contributed by atoms with E-state index >= 15 is 0 Å². The van der Waals surface area contributed by atoms with Crippen molar-refractivity contribution in [3.8, 4) is 0 Å². The van der Waals surface area contributed by atoms with Crippen molar-refractivity contribution >= 4 is 19.9 Å². The van der Waals surface area contributed by atoms with E-state index in [9.17, 15) is 4.79 Å². The second-order valence-electron chi connectivity index (χ2n) is 10.3. The molecule has 4 heteroatoms. The van der Waals surface area contributed by atoms with Crippen molar-refractivity contribution in [2.24, 2.45) is 23.7 Å². The molecule has 5 atom stereocenters. The van der Waals surface area contributed by atoms with E-state index < -0.39 is 8.32 Å². The molecule has 0 aromatic heterocycles. The fraction of sp³-hybridized carbons (Fsp3) is 0.625. The highest BCUT2D eigenvalue weighted by Crippen LogP contribution is 2.67. The number of esters is 1. The first-order valence-electron chi connectivity index (χ1n) is 10.8. The van der Waals surface area contributed by atoms with Crippen LogP contribution in [0, 0.1) is 23.7 Å². The monoisotopic (exact) mass is 398 g/mol. The molecule has 152 valence electrons. The van der Waals surface area contributed by atoms with Gasteiger partial charge in [-0.3, -0.25) is 0 Å². The number of carbonyl (C=O) groups excluding carboxylic acids is 1. The fourth-order valence-corrected chi connectivity index (χ4v) is 6.87. The molecule has 2 fully saturated rings. The zero-order chi connectivity index (χ0) is 20.3. The van der Waals surface area contributed by atoms with Crippen molar-refractivity contribution in [3.63, 3.8) is 0 Å². The Hall–Kier alpha value is -1.39. The molecule has 0 saturated heterocycles. The molecule has 0 radical (unpaired) electrons. The van der Waals surface area contributed by atoms with E-state index in [1.807, 2.05) is 13.0 Å². The first-order valence-corrected chi connectivity index (χ1v) is 13.7. The molecule has 0 heterocycles. The number of fused-ring (bicyclic) bond motifs is 5. The number of ether oxygens (including phenoxy) is 1. The van der Waals surface area contributed by atoms with E-state index in [0.29, 0.717) is 36.4 Å². The normalized spacial score (nSPS) is 31.6. The Morgan fingerprint density at radius 3 is 2.39 bits per heavy atom. The summed E-state index contributed by atoms with van der Waals surface area (Å²) in [6.07, 6.45) is 2.63. The number of benzene rings is 1. The van der Waals surface area contributed by atoms with Crippen LogP contribution in [0.2, 0.25) is 18.1 Å². The van der Waals surface area contributed by atoms with Gasteiger partial charge in [-0.25, -0.2) is 4.79 Å². The molecule has 0 N–H and O–H groups in total. The minimum Gasteiger partial charge on any atom is -0.463 e. The van der Waals surface area contributed by atoms with E-state index in [4.69, 9.17) is 9.16 Å². The van der Waals surface area contributed by atoms with Crippen molar-refractivity contribution < 1.29 is 14.0 Å². The van der Waals surface area contributed by atoms with Gasteiger partial charge in [-0.05, 0) is 66.8 Å². The van der Waals surface area contributed by atoms with Gasteiger partial charge < -0.3 is 9.16 Å². The molecule has 3 aliphatic carbocycles. The summed E-state index contributed by atoms with van der Waals surface area (Å²) in [6, 6.07) is 10.4. The number of carbonyl (C=O) groups is 1. The molecule has 1 aromatic rings. The molecule has 2 saturated carbocycles. The molecule has 0 spiro atoms. The third kappa shape index (κ3) is 3.00. The standard InChI is InChI=1S/C24H34O3Si/c1-7-26-23(25)22-19(15-11-9-8-10-12-15)20-16-13-17(21(20)22)18(14-16)27-28(5,6)24(2,3)4/h8-12,16-18,20-21H,7,13-14H2,1-6H3/t16-,17+,18-,20+,21+/m1/s1. The molecule has 3 nitrogen and oxygen atoms in total. The van der Waals surface area contributed by atoms with Crippen LogP contribution in [0.15, 0.2) is 35.9 Å². The number of hydrogen-bond donors (Lipinski definition) is 0. The third-order valence-electron chi connectivity index (χ3n) is 7.73. The summed E-state index contributed by atoms with van der Waals surface area (Å²) in [5.74, 6) is 1.82. The molecule has 4 rings (SSSR count). The molecular formula is C24H34O3Si. The number of rotatable bonds is 5. The predicted molar refractivity (Wildman–Crippen MR) is 115 cm³/mol. The Kier molecular flexibility index (Phi) is 4.86. The molecule has 0 aliphatic heterocycles. The van der Waals surface area contributed by atoms with Crippen LogP contribution in [-0.2, 0) is 14.0 Å². The van der Waals surface area contributed by atoms with Crippen LogP contribution in [0.4, 0.5) is 0 Å². The molecule has 1 aromatic carbocycles. The lowest BCUT2D eigenvalue weighted by molar-refractivity contribution is -0.140. The highest BCUT2D eigenvalue weighted by molar-refractivity contribution is 6.74. The van der Waals surface area contributed by atoms with Gasteiger partial charge in [-0.15, -0.1) is 0 Å². The van der Waals surface area contributed by atoms with Crippen LogP contribution in [0.5, 0.6) is 0 Å². The second kappa shape index (κ2) is 6.84. The predicted octanol–water partition coefficient (Wildman–Crippen LogP) is 5.68. The lowest BCUT2D eigenvalue weighted by Crippen LogP contribution is -2.49. The third-order valence-corrected chi connectivity index (χ3v) is 12.2. The quantitative estimate of drug-likeness (QED) is 0.473. The summed E-state index contributed by atoms with van der Waals surface area (Å²) >= 11 is 0. The lowest BCUT2D eigenvalue weighted by Gasteiger charge is -2.48. The average Bonchev–Trinajstić information content (AvgIpc) is 3.09. The van der Waals surface area contributed by atoms with Gasteiger partial charge in [0.1, 0.15) is 0 Å². The topological polar surface area (TPSA) is 35.5 Å². The van der Waals surface area contributed by atoms with E-state index in [-0.39, 0.29) is 11.0 Å². The van der Waals surface area contributed by atoms with E-state index in [0.717, 1.165) is 12.0 Å². The largest absolute Gasteiger partial charge is 0.463 e. The molecule has 28 heavy (non-hydrogen) atoms. The van der Waals surface area contributed by atoms with Gasteiger partial charge in [0.05, 0.1) is 6.61 Å². The molecule has 3 aliphatic rings. The lowest BCUT2D eigenvalue weighted by atomic mass is 9.59. The maximum atomic E-state index is 12.9. The minimum absolute atomic E-state index is 0.110. The average molecular weight is 399 g/mol. The Balaban J connectivity index is 1.64. The highest BCUT2D eigenvalue weighted by Gasteiger charge is 2.63. The minimum atomic E-state index is -1.81. The smallest absolute Gasteiger partial charge is 0.334 e. The molecule has 0 unspecified atom stereocenters. The van der Waals surface area contributed by atoms with Gasteiger partial charge in [0, 0.05) is 17.6 Å². The van der Waals surface area contributed by atoms with E-state index in [1.54, 1.807) is 0 Å². The maximum Gasteiger partial charge on any atom is 0.334 e. The van der Waals surface area contributed by atoms with Crippen molar-refractivity contribution in [3.05, 3.63) is 41.5 Å². The van der Waals surface area contributed by atoms with Crippen molar-refractivity contribution in [2.45, 2.75) is 64.8 Å². The van der Waals surface area contributed by atoms with Crippen molar-refractivity contribution in [2.75, 3.05) is 6.61 Å². The van der Waals surface area contributed by atoms with Crippen LogP contribution in [0.3, 0.4) is 0 Å². The van der Waals surface area contributed by atoms with Crippen LogP contribution < -0.4 is 0 Å². The molecule has 2 bridgehead atoms. The van der Waals surface area contributed by atoms with E-state index in [1.165, 1.54) is 17.6 Å². The van der Waals surface area contributed by atoms with Gasteiger partial charge >= 0.3 is 5.97 Å². The molecule has 0 amide bonds. The van der Waals surface area contributed by atoms with Gasteiger partial charge in [0.2, 0.25) is 0 Å². The summed E-state index contributed by atoms with van der Waals surface area (Å²) < 4.78 is 12.3. The first kappa shape index (κ1) is 19.9. The highest BCUT2D eigenvalue weighted by atomic mass is 28.4. The van der Waals surface area contributed by atoms with Gasteiger partial charge in [-0.2, -0.15) is 0 Å². The van der Waals surface area contributed by atoms with Crippen LogP contribution in [-0.4, -0.2) is 27.0 Å². The molecular weight excluding hydrogens is 364 g/mol. The SMILES string of the molecule is CCOC(=O)C1=C(c2ccccc2)[C@@H]2[C@@H]3C[C@H]([C@H]12)[C@H](O[Si](C)(C)C(C)(C)C)C3. The van der Waals surface area contributed by atoms with Crippen molar-refractivity contribution in [1.82, 2.24) is 0 Å². The Labute approximate surface area is 170 Å². The van der Waals surface area contributed by atoms with Crippen LogP contribution in [0.1, 0.15) is 46.1 Å².